The van der Waals surface area contributed by atoms with E-state index in [1.165, 1.54) is 0 Å². The van der Waals surface area contributed by atoms with Crippen LogP contribution in [0.1, 0.15) is 25.3 Å². The van der Waals surface area contributed by atoms with Gasteiger partial charge in [-0.2, -0.15) is 0 Å². The molecule has 1 aromatic rings. The lowest BCUT2D eigenvalue weighted by Crippen LogP contribution is -2.34. The molecule has 0 bridgehead atoms. The van der Waals surface area contributed by atoms with Crippen LogP contribution in [0.4, 0.5) is 5.69 Å². The van der Waals surface area contributed by atoms with Crippen LogP contribution in [-0.4, -0.2) is 32.3 Å². The Bertz CT molecular complexity index is 597. The predicted octanol–water partition coefficient (Wildman–Crippen LogP) is 3.39. The summed E-state index contributed by atoms with van der Waals surface area (Å²) in [7, 11) is 0. The number of nitrogens with zero attached hydrogens (tertiary/aromatic N) is 1. The fourth-order valence-corrected chi connectivity index (χ4v) is 3.31. The van der Waals surface area contributed by atoms with E-state index in [1.807, 2.05) is 25.1 Å². The first-order valence-corrected chi connectivity index (χ1v) is 8.07. The molecule has 0 saturated heterocycles. The number of carbonyl (C=O) groups excluding carboxylic acids is 1. The monoisotopic (exact) mass is 351 g/mol. The lowest BCUT2D eigenvalue weighted by atomic mass is 10.00. The predicted molar refractivity (Wildman–Crippen MR) is 85.7 cm³/mol. The van der Waals surface area contributed by atoms with Crippen LogP contribution in [0.3, 0.4) is 0 Å². The van der Waals surface area contributed by atoms with Gasteiger partial charge in [0.05, 0.1) is 18.8 Å². The summed E-state index contributed by atoms with van der Waals surface area (Å²) in [6.07, 6.45) is 3.64. The zero-order valence-electron chi connectivity index (χ0n) is 12.0. The molecule has 0 aliphatic carbocycles. The number of anilines is 1. The largest absolute Gasteiger partial charge is 0.490 e. The maximum Gasteiger partial charge on any atom is 0.334 e. The molecule has 0 aromatic heterocycles. The summed E-state index contributed by atoms with van der Waals surface area (Å²) < 4.78 is 11.9. The quantitative estimate of drug-likeness (QED) is 0.765. The Hall–Kier alpha value is -1.49. The second-order valence-corrected chi connectivity index (χ2v) is 6.09. The molecule has 0 amide bonds. The molecule has 0 atom stereocenters. The van der Waals surface area contributed by atoms with Crippen molar-refractivity contribution in [2.24, 2.45) is 0 Å². The normalized spacial score (nSPS) is 17.0. The van der Waals surface area contributed by atoms with E-state index in [0.29, 0.717) is 13.2 Å². The average Bonchev–Trinajstić information content (AvgIpc) is 2.43. The van der Waals surface area contributed by atoms with Gasteiger partial charge in [0.2, 0.25) is 0 Å². The minimum absolute atomic E-state index is 0.212. The standard InChI is InChI=1S/C16H18BrNO3/c1-2-20-16(19)11-4-3-5-18-6-7-21-14-10-13(17)9-12(8-11)15(14)18/h8-10H,2-7H2,1H3. The molecule has 0 unspecified atom stereocenters. The van der Waals surface area contributed by atoms with Crippen LogP contribution in [0.15, 0.2) is 22.2 Å². The van der Waals surface area contributed by atoms with Crippen molar-refractivity contribution in [1.82, 2.24) is 0 Å². The molecule has 0 fully saturated rings. The van der Waals surface area contributed by atoms with Crippen LogP contribution < -0.4 is 9.64 Å². The number of rotatable bonds is 2. The summed E-state index contributed by atoms with van der Waals surface area (Å²) in [6, 6.07) is 4.02. The van der Waals surface area contributed by atoms with Crippen molar-refractivity contribution in [2.75, 3.05) is 31.2 Å². The first-order chi connectivity index (χ1) is 10.2. The molecule has 0 radical (unpaired) electrons. The van der Waals surface area contributed by atoms with Gasteiger partial charge in [-0.25, -0.2) is 4.79 Å². The molecule has 5 heteroatoms. The highest BCUT2D eigenvalue weighted by molar-refractivity contribution is 9.10. The fraction of sp³-hybridized carbons (Fsp3) is 0.438. The lowest BCUT2D eigenvalue weighted by molar-refractivity contribution is -0.138. The van der Waals surface area contributed by atoms with Crippen molar-refractivity contribution in [3.8, 4) is 5.75 Å². The van der Waals surface area contributed by atoms with Gasteiger partial charge in [-0.1, -0.05) is 15.9 Å². The SMILES string of the molecule is CCOC(=O)C1=Cc2cc(Br)cc3c2N(CCC1)CCO3. The van der Waals surface area contributed by atoms with Crippen LogP contribution in [0.2, 0.25) is 0 Å². The molecule has 3 rings (SSSR count). The number of carbonyl (C=O) groups is 1. The number of esters is 1. The van der Waals surface area contributed by atoms with Crippen molar-refractivity contribution in [3.63, 3.8) is 0 Å². The van der Waals surface area contributed by atoms with E-state index in [-0.39, 0.29) is 5.97 Å². The van der Waals surface area contributed by atoms with Crippen LogP contribution in [-0.2, 0) is 9.53 Å². The Kier molecular flexibility index (Phi) is 4.19. The van der Waals surface area contributed by atoms with E-state index in [2.05, 4.69) is 20.8 Å². The molecule has 4 nitrogen and oxygen atoms in total. The van der Waals surface area contributed by atoms with E-state index >= 15 is 0 Å². The van der Waals surface area contributed by atoms with E-state index in [0.717, 1.165) is 53.0 Å². The van der Waals surface area contributed by atoms with Crippen molar-refractivity contribution in [3.05, 3.63) is 27.7 Å². The summed E-state index contributed by atoms with van der Waals surface area (Å²) in [5.41, 5.74) is 2.84. The van der Waals surface area contributed by atoms with Crippen LogP contribution in [0.5, 0.6) is 5.75 Å². The Morgan fingerprint density at radius 3 is 3.10 bits per heavy atom. The second kappa shape index (κ2) is 6.10. The fourth-order valence-electron chi connectivity index (χ4n) is 2.86. The molecule has 1 aromatic carbocycles. The molecule has 2 heterocycles. The Morgan fingerprint density at radius 2 is 2.29 bits per heavy atom. The maximum absolute atomic E-state index is 12.1. The topological polar surface area (TPSA) is 38.8 Å². The van der Waals surface area contributed by atoms with Gasteiger partial charge in [-0.05, 0) is 38.0 Å². The molecule has 0 saturated carbocycles. The van der Waals surface area contributed by atoms with Gasteiger partial charge >= 0.3 is 5.97 Å². The molecule has 0 spiro atoms. The maximum atomic E-state index is 12.1. The number of ether oxygens (including phenoxy) is 2. The number of halogens is 1. The summed E-state index contributed by atoms with van der Waals surface area (Å²) in [5, 5.41) is 0. The first-order valence-electron chi connectivity index (χ1n) is 7.28. The van der Waals surface area contributed by atoms with Crippen molar-refractivity contribution in [2.45, 2.75) is 19.8 Å². The third-order valence-electron chi connectivity index (χ3n) is 3.75. The van der Waals surface area contributed by atoms with E-state index < -0.39 is 0 Å². The first kappa shape index (κ1) is 14.4. The molecule has 2 aliphatic rings. The van der Waals surface area contributed by atoms with E-state index in [1.54, 1.807) is 0 Å². The highest BCUT2D eigenvalue weighted by Gasteiger charge is 2.24. The van der Waals surface area contributed by atoms with Crippen molar-refractivity contribution < 1.29 is 14.3 Å². The number of hydrogen-bond acceptors (Lipinski definition) is 4. The van der Waals surface area contributed by atoms with Gasteiger partial charge in [0.25, 0.3) is 0 Å². The second-order valence-electron chi connectivity index (χ2n) is 5.17. The molecule has 21 heavy (non-hydrogen) atoms. The van der Waals surface area contributed by atoms with E-state index in [9.17, 15) is 4.79 Å². The highest BCUT2D eigenvalue weighted by atomic mass is 79.9. The van der Waals surface area contributed by atoms with Crippen LogP contribution in [0.25, 0.3) is 6.08 Å². The Balaban J connectivity index is 2.08. The minimum atomic E-state index is -0.212. The molecular formula is C16H18BrNO3. The van der Waals surface area contributed by atoms with Gasteiger partial charge < -0.3 is 14.4 Å². The van der Waals surface area contributed by atoms with Gasteiger partial charge in [-0.3, -0.25) is 0 Å². The van der Waals surface area contributed by atoms with Crippen LogP contribution >= 0.6 is 15.9 Å². The van der Waals surface area contributed by atoms with Crippen molar-refractivity contribution >= 4 is 33.7 Å². The summed E-state index contributed by atoms with van der Waals surface area (Å²) in [4.78, 5) is 14.4. The van der Waals surface area contributed by atoms with Crippen molar-refractivity contribution in [1.29, 1.82) is 0 Å². The minimum Gasteiger partial charge on any atom is -0.490 e. The number of benzene rings is 1. The summed E-state index contributed by atoms with van der Waals surface area (Å²) >= 11 is 3.51. The molecule has 112 valence electrons. The number of hydrogen-bond donors (Lipinski definition) is 0. The lowest BCUT2D eigenvalue weighted by Gasteiger charge is -2.34. The zero-order chi connectivity index (χ0) is 14.8. The zero-order valence-corrected chi connectivity index (χ0v) is 13.6. The molecular weight excluding hydrogens is 334 g/mol. The molecule has 2 aliphatic heterocycles. The van der Waals surface area contributed by atoms with E-state index in [4.69, 9.17) is 9.47 Å². The average molecular weight is 352 g/mol. The Morgan fingerprint density at radius 1 is 1.43 bits per heavy atom. The summed E-state index contributed by atoms with van der Waals surface area (Å²) in [5.74, 6) is 0.670. The van der Waals surface area contributed by atoms with Gasteiger partial charge in [-0.15, -0.1) is 0 Å². The summed E-state index contributed by atoms with van der Waals surface area (Å²) in [6.45, 7) is 4.77. The third kappa shape index (κ3) is 2.93. The Labute approximate surface area is 132 Å². The third-order valence-corrected chi connectivity index (χ3v) is 4.20. The van der Waals surface area contributed by atoms with Crippen LogP contribution in [0, 0.1) is 0 Å². The molecule has 0 N–H and O–H groups in total. The smallest absolute Gasteiger partial charge is 0.334 e. The highest BCUT2D eigenvalue weighted by Crippen LogP contribution is 2.40. The van der Waals surface area contributed by atoms with Gasteiger partial charge in [0.1, 0.15) is 12.4 Å². The van der Waals surface area contributed by atoms with Gasteiger partial charge in [0, 0.05) is 22.2 Å². The van der Waals surface area contributed by atoms with Gasteiger partial charge in [0.15, 0.2) is 0 Å².